The fourth-order valence-corrected chi connectivity index (χ4v) is 2.33. The van der Waals surface area contributed by atoms with Gasteiger partial charge in [-0.25, -0.2) is 0 Å². The number of rotatable bonds is 9. The van der Waals surface area contributed by atoms with Gasteiger partial charge in [-0.15, -0.1) is 0 Å². The third-order valence-electron chi connectivity index (χ3n) is 3.86. The monoisotopic (exact) mass is 280 g/mol. The molecule has 0 bridgehead atoms. The van der Waals surface area contributed by atoms with Crippen molar-refractivity contribution in [2.75, 3.05) is 26.2 Å². The molecule has 0 aromatic rings. The van der Waals surface area contributed by atoms with Crippen molar-refractivity contribution < 1.29 is 13.2 Å². The minimum atomic E-state index is -4.09. The first kappa shape index (κ1) is 16.8. The Labute approximate surface area is 114 Å². The highest BCUT2D eigenvalue weighted by Gasteiger charge is 2.40. The summed E-state index contributed by atoms with van der Waals surface area (Å²) in [5.41, 5.74) is -0.0803. The molecule has 0 saturated heterocycles. The van der Waals surface area contributed by atoms with Gasteiger partial charge in [-0.1, -0.05) is 20.8 Å². The van der Waals surface area contributed by atoms with Crippen molar-refractivity contribution in [3.63, 3.8) is 0 Å². The molecule has 1 aliphatic carbocycles. The van der Waals surface area contributed by atoms with Crippen LogP contribution in [0.3, 0.4) is 0 Å². The summed E-state index contributed by atoms with van der Waals surface area (Å²) < 4.78 is 37.9. The quantitative estimate of drug-likeness (QED) is 0.651. The molecule has 1 saturated carbocycles. The Balaban J connectivity index is 2.53. The maximum Gasteiger partial charge on any atom is 0.401 e. The Bertz CT molecular complexity index is 264. The lowest BCUT2D eigenvalue weighted by Gasteiger charge is -2.35. The van der Waals surface area contributed by atoms with Crippen molar-refractivity contribution in [3.8, 4) is 0 Å². The summed E-state index contributed by atoms with van der Waals surface area (Å²) in [6, 6.07) is 0.152. The van der Waals surface area contributed by atoms with E-state index in [1.807, 2.05) is 0 Å². The van der Waals surface area contributed by atoms with Gasteiger partial charge < -0.3 is 5.32 Å². The number of hydrogen-bond acceptors (Lipinski definition) is 2. The Morgan fingerprint density at radius 1 is 1.16 bits per heavy atom. The molecule has 114 valence electrons. The molecule has 1 atom stereocenters. The molecule has 0 heterocycles. The molecule has 0 amide bonds. The van der Waals surface area contributed by atoms with Crippen molar-refractivity contribution in [2.45, 2.75) is 58.7 Å². The molecule has 1 fully saturated rings. The third-order valence-corrected chi connectivity index (χ3v) is 3.86. The highest BCUT2D eigenvalue weighted by atomic mass is 19.4. The van der Waals surface area contributed by atoms with Crippen LogP contribution in [-0.4, -0.2) is 43.3 Å². The van der Waals surface area contributed by atoms with Gasteiger partial charge in [0.2, 0.25) is 0 Å². The lowest BCUT2D eigenvalue weighted by Crippen LogP contribution is -2.46. The summed E-state index contributed by atoms with van der Waals surface area (Å²) in [6.45, 7) is 7.73. The third kappa shape index (κ3) is 6.61. The summed E-state index contributed by atoms with van der Waals surface area (Å²) in [4.78, 5) is 1.64. The molecular formula is C14H27F3N2. The van der Waals surface area contributed by atoms with E-state index in [4.69, 9.17) is 0 Å². The molecule has 0 radical (unpaired) electrons. The van der Waals surface area contributed by atoms with Crippen molar-refractivity contribution in [1.82, 2.24) is 10.2 Å². The SMILES string of the molecule is CCCNCC(C)(CC)CN(CC(F)(F)F)C1CC1. The smallest absolute Gasteiger partial charge is 0.316 e. The lowest BCUT2D eigenvalue weighted by molar-refractivity contribution is -0.150. The zero-order valence-corrected chi connectivity index (χ0v) is 12.3. The van der Waals surface area contributed by atoms with Crippen molar-refractivity contribution in [2.24, 2.45) is 5.41 Å². The van der Waals surface area contributed by atoms with Crippen LogP contribution in [0.5, 0.6) is 0 Å². The number of hydrogen-bond donors (Lipinski definition) is 1. The van der Waals surface area contributed by atoms with Gasteiger partial charge >= 0.3 is 6.18 Å². The van der Waals surface area contributed by atoms with Gasteiger partial charge in [0.05, 0.1) is 6.54 Å². The molecule has 0 aromatic carbocycles. The van der Waals surface area contributed by atoms with E-state index >= 15 is 0 Å². The van der Waals surface area contributed by atoms with Crippen LogP contribution < -0.4 is 5.32 Å². The molecule has 5 heteroatoms. The maximum atomic E-state index is 12.6. The average molecular weight is 280 g/mol. The summed E-state index contributed by atoms with van der Waals surface area (Å²) in [7, 11) is 0. The molecule has 19 heavy (non-hydrogen) atoms. The van der Waals surface area contributed by atoms with Crippen LogP contribution in [-0.2, 0) is 0 Å². The topological polar surface area (TPSA) is 15.3 Å². The van der Waals surface area contributed by atoms with Gasteiger partial charge in [0.1, 0.15) is 0 Å². The van der Waals surface area contributed by atoms with Crippen molar-refractivity contribution in [1.29, 1.82) is 0 Å². The predicted octanol–water partition coefficient (Wildman–Crippen LogP) is 3.43. The fraction of sp³-hybridized carbons (Fsp3) is 1.00. The van der Waals surface area contributed by atoms with E-state index in [1.165, 1.54) is 0 Å². The lowest BCUT2D eigenvalue weighted by atomic mass is 9.86. The van der Waals surface area contributed by atoms with Crippen LogP contribution >= 0.6 is 0 Å². The first-order chi connectivity index (χ1) is 8.79. The molecule has 0 spiro atoms. The van der Waals surface area contributed by atoms with Crippen LogP contribution in [0.4, 0.5) is 13.2 Å². The molecule has 0 aromatic heterocycles. The molecular weight excluding hydrogens is 253 g/mol. The van der Waals surface area contributed by atoms with E-state index in [1.54, 1.807) is 4.90 Å². The van der Waals surface area contributed by atoms with Gasteiger partial charge in [0, 0.05) is 19.1 Å². The molecule has 1 aliphatic rings. The summed E-state index contributed by atoms with van der Waals surface area (Å²) in [5, 5.41) is 3.35. The number of nitrogens with zero attached hydrogens (tertiary/aromatic N) is 1. The summed E-state index contributed by atoms with van der Waals surface area (Å²) in [5.74, 6) is 0. The zero-order chi connectivity index (χ0) is 14.5. The van der Waals surface area contributed by atoms with Gasteiger partial charge in [0.25, 0.3) is 0 Å². The van der Waals surface area contributed by atoms with E-state index < -0.39 is 12.7 Å². The van der Waals surface area contributed by atoms with Gasteiger partial charge in [-0.2, -0.15) is 13.2 Å². The normalized spacial score (nSPS) is 19.7. The summed E-state index contributed by atoms with van der Waals surface area (Å²) >= 11 is 0. The Morgan fingerprint density at radius 3 is 2.21 bits per heavy atom. The molecule has 1 N–H and O–H groups in total. The highest BCUT2D eigenvalue weighted by Crippen LogP contribution is 2.33. The Hall–Kier alpha value is -0.290. The molecule has 2 nitrogen and oxygen atoms in total. The van der Waals surface area contributed by atoms with E-state index in [-0.39, 0.29) is 11.5 Å². The van der Waals surface area contributed by atoms with Crippen molar-refractivity contribution >= 4 is 0 Å². The first-order valence-electron chi connectivity index (χ1n) is 7.31. The largest absolute Gasteiger partial charge is 0.401 e. The van der Waals surface area contributed by atoms with E-state index in [2.05, 4.69) is 26.1 Å². The maximum absolute atomic E-state index is 12.6. The van der Waals surface area contributed by atoms with Crippen LogP contribution in [0, 0.1) is 5.41 Å². The second-order valence-electron chi connectivity index (χ2n) is 6.09. The number of nitrogens with one attached hydrogen (secondary N) is 1. The van der Waals surface area contributed by atoms with Gasteiger partial charge in [0.15, 0.2) is 0 Å². The average Bonchev–Trinajstić information content (AvgIpc) is 3.10. The van der Waals surface area contributed by atoms with E-state index in [0.717, 1.165) is 38.8 Å². The predicted molar refractivity (Wildman–Crippen MR) is 72.2 cm³/mol. The zero-order valence-electron chi connectivity index (χ0n) is 12.3. The first-order valence-corrected chi connectivity index (χ1v) is 7.31. The Morgan fingerprint density at radius 2 is 1.79 bits per heavy atom. The van der Waals surface area contributed by atoms with Crippen LogP contribution in [0.15, 0.2) is 0 Å². The molecule has 0 aliphatic heterocycles. The standard InChI is InChI=1S/C14H27F3N2/c1-4-8-18-9-13(3,5-2)10-19(12-6-7-12)11-14(15,16)17/h12,18H,4-11H2,1-3H3. The van der Waals surface area contributed by atoms with Crippen molar-refractivity contribution in [3.05, 3.63) is 0 Å². The van der Waals surface area contributed by atoms with Gasteiger partial charge in [-0.05, 0) is 37.6 Å². The molecule has 1 unspecified atom stereocenters. The molecule has 1 rings (SSSR count). The van der Waals surface area contributed by atoms with E-state index in [0.29, 0.717) is 6.54 Å². The second-order valence-corrected chi connectivity index (χ2v) is 6.09. The number of alkyl halides is 3. The van der Waals surface area contributed by atoms with Crippen LogP contribution in [0.1, 0.15) is 46.5 Å². The fourth-order valence-electron chi connectivity index (χ4n) is 2.33. The minimum Gasteiger partial charge on any atom is -0.316 e. The highest BCUT2D eigenvalue weighted by molar-refractivity contribution is 4.90. The Kier molecular flexibility index (Phi) is 6.12. The number of halogens is 3. The minimum absolute atomic E-state index is 0.0803. The second kappa shape index (κ2) is 6.93. The summed E-state index contributed by atoms with van der Waals surface area (Å²) in [6.07, 6.45) is -0.315. The van der Waals surface area contributed by atoms with Gasteiger partial charge in [-0.3, -0.25) is 4.90 Å². The van der Waals surface area contributed by atoms with Crippen LogP contribution in [0.25, 0.3) is 0 Å². The van der Waals surface area contributed by atoms with E-state index in [9.17, 15) is 13.2 Å². The van der Waals surface area contributed by atoms with Crippen LogP contribution in [0.2, 0.25) is 0 Å².